The SMILES string of the molecule is CCn1cc(S(=O)(=O)NC(C)c2nn[nH]n2)cc1CO. The highest BCUT2D eigenvalue weighted by Crippen LogP contribution is 2.17. The smallest absolute Gasteiger partial charge is 0.242 e. The zero-order chi connectivity index (χ0) is 14.8. The van der Waals surface area contributed by atoms with E-state index >= 15 is 0 Å². The van der Waals surface area contributed by atoms with Crippen LogP contribution in [0.15, 0.2) is 17.2 Å². The van der Waals surface area contributed by atoms with Crippen molar-refractivity contribution in [2.75, 3.05) is 0 Å². The third kappa shape index (κ3) is 2.86. The fourth-order valence-electron chi connectivity index (χ4n) is 1.81. The van der Waals surface area contributed by atoms with Gasteiger partial charge in [0.25, 0.3) is 0 Å². The molecule has 110 valence electrons. The maximum atomic E-state index is 12.2. The largest absolute Gasteiger partial charge is 0.390 e. The average Bonchev–Trinajstić information content (AvgIpc) is 3.07. The second-order valence-electron chi connectivity index (χ2n) is 4.22. The monoisotopic (exact) mass is 300 g/mol. The zero-order valence-electron chi connectivity index (χ0n) is 11.1. The molecule has 1 unspecified atom stereocenters. The van der Waals surface area contributed by atoms with E-state index in [2.05, 4.69) is 25.3 Å². The number of aromatic nitrogens is 5. The first-order valence-corrected chi connectivity index (χ1v) is 7.51. The van der Waals surface area contributed by atoms with Gasteiger partial charge in [-0.2, -0.15) is 5.21 Å². The van der Waals surface area contributed by atoms with E-state index in [1.807, 2.05) is 6.92 Å². The Morgan fingerprint density at radius 3 is 2.80 bits per heavy atom. The predicted molar refractivity (Wildman–Crippen MR) is 68.9 cm³/mol. The molecule has 2 aromatic heterocycles. The number of rotatable bonds is 6. The number of aromatic amines is 1. The minimum atomic E-state index is -3.71. The minimum absolute atomic E-state index is 0.0961. The molecule has 0 saturated carbocycles. The number of sulfonamides is 1. The molecule has 3 N–H and O–H groups in total. The molecule has 0 bridgehead atoms. The molecule has 0 aliphatic rings. The van der Waals surface area contributed by atoms with E-state index in [0.29, 0.717) is 12.2 Å². The van der Waals surface area contributed by atoms with Gasteiger partial charge in [0.2, 0.25) is 10.0 Å². The van der Waals surface area contributed by atoms with Crippen molar-refractivity contribution in [3.63, 3.8) is 0 Å². The van der Waals surface area contributed by atoms with Gasteiger partial charge < -0.3 is 9.67 Å². The van der Waals surface area contributed by atoms with Gasteiger partial charge >= 0.3 is 0 Å². The van der Waals surface area contributed by atoms with Gasteiger partial charge in [-0.15, -0.1) is 10.2 Å². The van der Waals surface area contributed by atoms with Gasteiger partial charge in [0.05, 0.1) is 17.5 Å². The molecule has 0 aromatic carbocycles. The van der Waals surface area contributed by atoms with Crippen molar-refractivity contribution in [3.8, 4) is 0 Å². The topological polar surface area (TPSA) is 126 Å². The molecule has 10 heteroatoms. The summed E-state index contributed by atoms with van der Waals surface area (Å²) in [6.07, 6.45) is 1.48. The molecule has 9 nitrogen and oxygen atoms in total. The summed E-state index contributed by atoms with van der Waals surface area (Å²) in [5.41, 5.74) is 0.542. The fourth-order valence-corrected chi connectivity index (χ4v) is 3.07. The number of nitrogens with one attached hydrogen (secondary N) is 2. The molecule has 0 amide bonds. The van der Waals surface area contributed by atoms with Crippen molar-refractivity contribution in [2.24, 2.45) is 0 Å². The minimum Gasteiger partial charge on any atom is -0.390 e. The fraction of sp³-hybridized carbons (Fsp3) is 0.500. The number of nitrogens with zero attached hydrogens (tertiary/aromatic N) is 4. The maximum Gasteiger partial charge on any atom is 0.242 e. The van der Waals surface area contributed by atoms with Gasteiger partial charge in [-0.25, -0.2) is 13.1 Å². The van der Waals surface area contributed by atoms with Crippen LogP contribution < -0.4 is 4.72 Å². The molecule has 0 fully saturated rings. The Bertz CT molecular complexity index is 642. The quantitative estimate of drug-likeness (QED) is 0.663. The molecule has 0 saturated heterocycles. The van der Waals surface area contributed by atoms with Crippen LogP contribution in [0.2, 0.25) is 0 Å². The van der Waals surface area contributed by atoms with Crippen molar-refractivity contribution < 1.29 is 13.5 Å². The third-order valence-corrected chi connectivity index (χ3v) is 4.36. The lowest BCUT2D eigenvalue weighted by Gasteiger charge is -2.09. The van der Waals surface area contributed by atoms with Crippen molar-refractivity contribution in [1.29, 1.82) is 0 Å². The van der Waals surface area contributed by atoms with Crippen LogP contribution in [0.4, 0.5) is 0 Å². The van der Waals surface area contributed by atoms with E-state index in [9.17, 15) is 13.5 Å². The Hall–Kier alpha value is -1.78. The van der Waals surface area contributed by atoms with Crippen LogP contribution in [0.5, 0.6) is 0 Å². The first-order chi connectivity index (χ1) is 9.47. The van der Waals surface area contributed by atoms with Crippen LogP contribution in [0.1, 0.15) is 31.4 Å². The van der Waals surface area contributed by atoms with E-state index in [-0.39, 0.29) is 17.3 Å². The molecule has 20 heavy (non-hydrogen) atoms. The normalized spacial score (nSPS) is 13.6. The Morgan fingerprint density at radius 1 is 1.55 bits per heavy atom. The second kappa shape index (κ2) is 5.69. The number of hydrogen-bond donors (Lipinski definition) is 3. The first kappa shape index (κ1) is 14.6. The molecule has 1 atom stereocenters. The van der Waals surface area contributed by atoms with E-state index in [4.69, 9.17) is 0 Å². The van der Waals surface area contributed by atoms with Gasteiger partial charge in [-0.3, -0.25) is 0 Å². The highest BCUT2D eigenvalue weighted by Gasteiger charge is 2.22. The van der Waals surface area contributed by atoms with E-state index < -0.39 is 16.1 Å². The lowest BCUT2D eigenvalue weighted by Crippen LogP contribution is -2.27. The number of hydrogen-bond acceptors (Lipinski definition) is 6. The zero-order valence-corrected chi connectivity index (χ0v) is 11.9. The first-order valence-electron chi connectivity index (χ1n) is 6.03. The summed E-state index contributed by atoms with van der Waals surface area (Å²) in [6.45, 7) is 3.84. The van der Waals surface area contributed by atoms with Gasteiger partial charge in [-0.1, -0.05) is 5.21 Å². The highest BCUT2D eigenvalue weighted by atomic mass is 32.2. The molecule has 2 rings (SSSR count). The van der Waals surface area contributed by atoms with E-state index in [1.54, 1.807) is 11.5 Å². The molecule has 2 heterocycles. The van der Waals surface area contributed by atoms with Crippen molar-refractivity contribution in [1.82, 2.24) is 29.9 Å². The second-order valence-corrected chi connectivity index (χ2v) is 5.94. The van der Waals surface area contributed by atoms with Gasteiger partial charge in [0.15, 0.2) is 5.82 Å². The van der Waals surface area contributed by atoms with Gasteiger partial charge in [0.1, 0.15) is 0 Å². The van der Waals surface area contributed by atoms with Crippen LogP contribution in [0, 0.1) is 0 Å². The summed E-state index contributed by atoms with van der Waals surface area (Å²) < 4.78 is 28.6. The molecule has 0 radical (unpaired) electrons. The standard InChI is InChI=1S/C10H16N6O3S/c1-3-16-5-9(4-8(16)6-17)20(18,19)13-7(2)10-11-14-15-12-10/h4-5,7,13,17H,3,6H2,1-2H3,(H,11,12,14,15). The molecular weight excluding hydrogens is 284 g/mol. The summed E-state index contributed by atoms with van der Waals surface area (Å²) in [6, 6.07) is 0.829. The Balaban J connectivity index is 2.24. The number of aliphatic hydroxyl groups is 1. The van der Waals surface area contributed by atoms with Crippen molar-refractivity contribution in [3.05, 3.63) is 23.8 Å². The molecule has 2 aromatic rings. The lowest BCUT2D eigenvalue weighted by molar-refractivity contribution is 0.271. The van der Waals surface area contributed by atoms with Gasteiger partial charge in [0, 0.05) is 18.4 Å². The van der Waals surface area contributed by atoms with Crippen LogP contribution in [-0.2, 0) is 23.2 Å². The molecule has 0 spiro atoms. The molecular formula is C10H16N6O3S. The number of H-pyrrole nitrogens is 1. The maximum absolute atomic E-state index is 12.2. The average molecular weight is 300 g/mol. The van der Waals surface area contributed by atoms with Crippen LogP contribution in [-0.4, -0.2) is 38.7 Å². The van der Waals surface area contributed by atoms with Gasteiger partial charge in [-0.05, 0) is 19.9 Å². The Morgan fingerprint density at radius 2 is 2.30 bits per heavy atom. The van der Waals surface area contributed by atoms with Crippen molar-refractivity contribution >= 4 is 10.0 Å². The Kier molecular flexibility index (Phi) is 4.16. The van der Waals surface area contributed by atoms with Crippen molar-refractivity contribution in [2.45, 2.75) is 37.9 Å². The van der Waals surface area contributed by atoms with E-state index in [1.165, 1.54) is 12.3 Å². The summed E-state index contributed by atoms with van der Waals surface area (Å²) in [4.78, 5) is 0.0961. The highest BCUT2D eigenvalue weighted by molar-refractivity contribution is 7.89. The van der Waals surface area contributed by atoms with E-state index in [0.717, 1.165) is 0 Å². The predicted octanol–water partition coefficient (Wildman–Crippen LogP) is -0.447. The summed E-state index contributed by atoms with van der Waals surface area (Å²) in [7, 11) is -3.71. The number of aryl methyl sites for hydroxylation is 1. The van der Waals surface area contributed by atoms with Crippen LogP contribution in [0.25, 0.3) is 0 Å². The van der Waals surface area contributed by atoms with Crippen LogP contribution in [0.3, 0.4) is 0 Å². The summed E-state index contributed by atoms with van der Waals surface area (Å²) in [5.74, 6) is 0.255. The summed E-state index contributed by atoms with van der Waals surface area (Å²) in [5, 5.41) is 22.3. The summed E-state index contributed by atoms with van der Waals surface area (Å²) >= 11 is 0. The lowest BCUT2D eigenvalue weighted by atomic mass is 10.4. The van der Waals surface area contributed by atoms with Crippen LogP contribution >= 0.6 is 0 Å². The molecule has 0 aliphatic carbocycles. The number of aliphatic hydroxyl groups excluding tert-OH is 1. The number of tetrazole rings is 1. The Labute approximate surface area is 116 Å². The third-order valence-electron chi connectivity index (χ3n) is 2.85. The molecule has 0 aliphatic heterocycles.